The van der Waals surface area contributed by atoms with Crippen molar-refractivity contribution in [3.05, 3.63) is 29.8 Å². The number of rotatable bonds is 9. The lowest BCUT2D eigenvalue weighted by atomic mass is 10.2. The first-order chi connectivity index (χ1) is 10.1. The van der Waals surface area contributed by atoms with Gasteiger partial charge in [-0.15, -0.1) is 0 Å². The predicted molar refractivity (Wildman–Crippen MR) is 80.2 cm³/mol. The molecule has 1 N–H and O–H groups in total. The van der Waals surface area contributed by atoms with E-state index in [0.717, 1.165) is 11.3 Å². The van der Waals surface area contributed by atoms with Gasteiger partial charge in [-0.1, -0.05) is 12.1 Å². The molecule has 5 nitrogen and oxygen atoms in total. The molecule has 0 aliphatic heterocycles. The minimum atomic E-state index is -0.254. The molecule has 0 spiro atoms. The first-order valence-electron chi connectivity index (χ1n) is 7.15. The fraction of sp³-hybridized carbons (Fsp3) is 0.500. The Morgan fingerprint density at radius 3 is 2.71 bits per heavy atom. The van der Waals surface area contributed by atoms with Gasteiger partial charge < -0.3 is 14.8 Å². The van der Waals surface area contributed by atoms with Gasteiger partial charge in [0.2, 0.25) is 5.91 Å². The van der Waals surface area contributed by atoms with Crippen LogP contribution in [0.5, 0.6) is 5.75 Å². The van der Waals surface area contributed by atoms with E-state index in [4.69, 9.17) is 4.74 Å². The summed E-state index contributed by atoms with van der Waals surface area (Å²) in [4.78, 5) is 22.4. The Morgan fingerprint density at radius 1 is 1.19 bits per heavy atom. The van der Waals surface area contributed by atoms with Crippen molar-refractivity contribution in [2.45, 2.75) is 32.6 Å². The Kier molecular flexibility index (Phi) is 7.94. The van der Waals surface area contributed by atoms with Crippen LogP contribution in [0.3, 0.4) is 0 Å². The Balaban J connectivity index is 2.04. The number of carbonyl (C=O) groups is 2. The molecular weight excluding hydrogens is 270 g/mol. The zero-order valence-corrected chi connectivity index (χ0v) is 12.7. The number of carbonyl (C=O) groups excluding carboxylic acids is 2. The van der Waals surface area contributed by atoms with Gasteiger partial charge in [-0.05, 0) is 37.5 Å². The largest absolute Gasteiger partial charge is 0.494 e. The van der Waals surface area contributed by atoms with Gasteiger partial charge in [0.25, 0.3) is 0 Å². The summed E-state index contributed by atoms with van der Waals surface area (Å²) in [7, 11) is 1.36. The first kappa shape index (κ1) is 17.0. The van der Waals surface area contributed by atoms with Crippen molar-refractivity contribution in [2.75, 3.05) is 20.3 Å². The van der Waals surface area contributed by atoms with E-state index in [1.165, 1.54) is 7.11 Å². The highest BCUT2D eigenvalue weighted by atomic mass is 16.5. The van der Waals surface area contributed by atoms with E-state index in [9.17, 15) is 9.59 Å². The molecule has 0 radical (unpaired) electrons. The van der Waals surface area contributed by atoms with Crippen molar-refractivity contribution < 1.29 is 19.1 Å². The maximum Gasteiger partial charge on any atom is 0.305 e. The van der Waals surface area contributed by atoms with Crippen LogP contribution in [0.25, 0.3) is 0 Å². The second-order valence-electron chi connectivity index (χ2n) is 4.80. The highest BCUT2D eigenvalue weighted by Crippen LogP contribution is 2.12. The molecule has 1 aromatic rings. The van der Waals surface area contributed by atoms with E-state index in [1.54, 1.807) is 0 Å². The number of benzene rings is 1. The summed E-state index contributed by atoms with van der Waals surface area (Å²) in [6, 6.07) is 7.82. The van der Waals surface area contributed by atoms with Crippen LogP contribution in [0.4, 0.5) is 0 Å². The number of nitrogens with one attached hydrogen (secondary N) is 1. The average molecular weight is 293 g/mol. The second-order valence-corrected chi connectivity index (χ2v) is 4.80. The molecule has 0 atom stereocenters. The molecule has 0 bridgehead atoms. The quantitative estimate of drug-likeness (QED) is 0.560. The van der Waals surface area contributed by atoms with Crippen LogP contribution in [-0.2, 0) is 14.3 Å². The molecule has 0 unspecified atom stereocenters. The molecule has 21 heavy (non-hydrogen) atoms. The SMILES string of the molecule is COC(=O)CCCNC(=O)CCCOc1cccc(C)c1. The molecule has 1 rings (SSSR count). The number of esters is 1. The lowest BCUT2D eigenvalue weighted by Crippen LogP contribution is -2.25. The van der Waals surface area contributed by atoms with Crippen LogP contribution in [-0.4, -0.2) is 32.1 Å². The highest BCUT2D eigenvalue weighted by Gasteiger charge is 2.03. The van der Waals surface area contributed by atoms with E-state index in [1.807, 2.05) is 31.2 Å². The summed E-state index contributed by atoms with van der Waals surface area (Å²) >= 11 is 0. The summed E-state index contributed by atoms with van der Waals surface area (Å²) in [5.74, 6) is 0.553. The fourth-order valence-electron chi connectivity index (χ4n) is 1.78. The van der Waals surface area contributed by atoms with Crippen molar-refractivity contribution in [1.82, 2.24) is 5.32 Å². The fourth-order valence-corrected chi connectivity index (χ4v) is 1.78. The van der Waals surface area contributed by atoms with Crippen molar-refractivity contribution in [3.63, 3.8) is 0 Å². The Labute approximate surface area is 125 Å². The third kappa shape index (κ3) is 7.97. The molecule has 0 heterocycles. The van der Waals surface area contributed by atoms with Gasteiger partial charge in [-0.3, -0.25) is 9.59 Å². The number of ether oxygens (including phenoxy) is 2. The number of aryl methyl sites for hydroxylation is 1. The van der Waals surface area contributed by atoms with Crippen molar-refractivity contribution >= 4 is 11.9 Å². The van der Waals surface area contributed by atoms with Gasteiger partial charge in [-0.25, -0.2) is 0 Å². The molecule has 116 valence electrons. The smallest absolute Gasteiger partial charge is 0.305 e. The number of methoxy groups -OCH3 is 1. The molecule has 0 fully saturated rings. The van der Waals surface area contributed by atoms with Gasteiger partial charge in [0.15, 0.2) is 0 Å². The van der Waals surface area contributed by atoms with Crippen molar-refractivity contribution in [1.29, 1.82) is 0 Å². The van der Waals surface area contributed by atoms with E-state index < -0.39 is 0 Å². The van der Waals surface area contributed by atoms with E-state index in [0.29, 0.717) is 38.8 Å². The number of hydrogen-bond acceptors (Lipinski definition) is 4. The van der Waals surface area contributed by atoms with Crippen LogP contribution < -0.4 is 10.1 Å². The monoisotopic (exact) mass is 293 g/mol. The molecule has 0 saturated heterocycles. The van der Waals surface area contributed by atoms with Crippen molar-refractivity contribution in [3.8, 4) is 5.75 Å². The summed E-state index contributed by atoms with van der Waals surface area (Å²) in [6.45, 7) is 3.01. The maximum atomic E-state index is 11.5. The van der Waals surface area contributed by atoms with Crippen LogP contribution in [0.15, 0.2) is 24.3 Å². The number of amides is 1. The van der Waals surface area contributed by atoms with E-state index >= 15 is 0 Å². The zero-order valence-electron chi connectivity index (χ0n) is 12.7. The molecule has 0 saturated carbocycles. The topological polar surface area (TPSA) is 64.6 Å². The molecule has 0 aliphatic rings. The summed E-state index contributed by atoms with van der Waals surface area (Å²) in [5, 5.41) is 2.77. The lowest BCUT2D eigenvalue weighted by molar-refractivity contribution is -0.140. The summed E-state index contributed by atoms with van der Waals surface area (Å²) < 4.78 is 10.1. The molecule has 1 amide bonds. The third-order valence-corrected chi connectivity index (χ3v) is 2.91. The van der Waals surface area contributed by atoms with E-state index in [-0.39, 0.29) is 11.9 Å². The molecular formula is C16H23NO4. The normalized spacial score (nSPS) is 10.0. The highest BCUT2D eigenvalue weighted by molar-refractivity contribution is 5.75. The van der Waals surface area contributed by atoms with Crippen LogP contribution in [0.1, 0.15) is 31.2 Å². The van der Waals surface area contributed by atoms with Gasteiger partial charge in [0.1, 0.15) is 5.75 Å². The van der Waals surface area contributed by atoms with Gasteiger partial charge in [-0.2, -0.15) is 0 Å². The Bertz CT molecular complexity index is 459. The van der Waals surface area contributed by atoms with Crippen molar-refractivity contribution in [2.24, 2.45) is 0 Å². The van der Waals surface area contributed by atoms with Crippen LogP contribution >= 0.6 is 0 Å². The van der Waals surface area contributed by atoms with Gasteiger partial charge >= 0.3 is 5.97 Å². The molecule has 0 aliphatic carbocycles. The molecule has 5 heteroatoms. The standard InChI is InChI=1S/C16H23NO4/c1-13-6-3-7-14(12-13)21-11-5-8-15(18)17-10-4-9-16(19)20-2/h3,6-7,12H,4-5,8-11H2,1-2H3,(H,17,18). The van der Waals surface area contributed by atoms with Gasteiger partial charge in [0.05, 0.1) is 13.7 Å². The summed E-state index contributed by atoms with van der Waals surface area (Å²) in [6.07, 6.45) is 2.01. The Hall–Kier alpha value is -2.04. The maximum absolute atomic E-state index is 11.5. The first-order valence-corrected chi connectivity index (χ1v) is 7.15. The Morgan fingerprint density at radius 2 is 2.00 bits per heavy atom. The third-order valence-electron chi connectivity index (χ3n) is 2.91. The minimum absolute atomic E-state index is 0.0206. The van der Waals surface area contributed by atoms with Crippen LogP contribution in [0, 0.1) is 6.92 Å². The van der Waals surface area contributed by atoms with Crippen LogP contribution in [0.2, 0.25) is 0 Å². The van der Waals surface area contributed by atoms with Gasteiger partial charge in [0, 0.05) is 19.4 Å². The average Bonchev–Trinajstić information content (AvgIpc) is 2.48. The zero-order chi connectivity index (χ0) is 15.5. The number of hydrogen-bond donors (Lipinski definition) is 1. The summed E-state index contributed by atoms with van der Waals surface area (Å²) in [5.41, 5.74) is 1.15. The minimum Gasteiger partial charge on any atom is -0.494 e. The molecule has 1 aromatic carbocycles. The predicted octanol–water partition coefficient (Wildman–Crippen LogP) is 2.22. The second kappa shape index (κ2) is 9.80. The lowest BCUT2D eigenvalue weighted by Gasteiger charge is -2.07. The van der Waals surface area contributed by atoms with E-state index in [2.05, 4.69) is 10.1 Å². The molecule has 0 aromatic heterocycles.